The molecule has 0 amide bonds. The first-order valence-electron chi connectivity index (χ1n) is 5.79. The third-order valence-electron chi connectivity index (χ3n) is 2.74. The van der Waals surface area contributed by atoms with Crippen LogP contribution in [0, 0.1) is 0 Å². The van der Waals surface area contributed by atoms with Crippen LogP contribution in [-0.2, 0) is 16.1 Å². The van der Waals surface area contributed by atoms with Crippen molar-refractivity contribution in [2.24, 2.45) is 0 Å². The van der Waals surface area contributed by atoms with E-state index >= 15 is 0 Å². The Morgan fingerprint density at radius 2 is 2.53 bits per heavy atom. The van der Waals surface area contributed by atoms with Gasteiger partial charge >= 0.3 is 5.97 Å². The van der Waals surface area contributed by atoms with Crippen LogP contribution in [0.15, 0.2) is 18.5 Å². The first-order chi connectivity index (χ1) is 8.24. The van der Waals surface area contributed by atoms with Crippen LogP contribution in [-0.4, -0.2) is 33.6 Å². The van der Waals surface area contributed by atoms with Gasteiger partial charge in [-0.25, -0.2) is 4.79 Å². The Balaban J connectivity index is 1.91. The van der Waals surface area contributed by atoms with Crippen molar-refractivity contribution in [2.75, 3.05) is 6.61 Å². The first-order valence-corrected chi connectivity index (χ1v) is 5.79. The lowest BCUT2D eigenvalue weighted by Crippen LogP contribution is -2.24. The van der Waals surface area contributed by atoms with Crippen molar-refractivity contribution in [3.8, 4) is 0 Å². The number of hydrogen-bond donors (Lipinski definition) is 1. The number of nitrogens with zero attached hydrogens (tertiary/aromatic N) is 2. The Morgan fingerprint density at radius 3 is 3.24 bits per heavy atom. The number of carboxylic acids is 1. The topological polar surface area (TPSA) is 64.3 Å². The fourth-order valence-corrected chi connectivity index (χ4v) is 1.89. The molecule has 1 aliphatic heterocycles. The van der Waals surface area contributed by atoms with Gasteiger partial charge in [-0.1, -0.05) is 0 Å². The lowest BCUT2D eigenvalue weighted by molar-refractivity contribution is -0.131. The highest BCUT2D eigenvalue weighted by Gasteiger charge is 2.14. The van der Waals surface area contributed by atoms with Crippen LogP contribution in [0.25, 0.3) is 6.08 Å². The highest BCUT2D eigenvalue weighted by atomic mass is 16.5. The van der Waals surface area contributed by atoms with Gasteiger partial charge in [0, 0.05) is 24.4 Å². The molecule has 0 bridgehead atoms. The van der Waals surface area contributed by atoms with E-state index < -0.39 is 5.97 Å². The third kappa shape index (κ3) is 3.71. The zero-order chi connectivity index (χ0) is 12.1. The Bertz CT molecular complexity index is 406. The quantitative estimate of drug-likeness (QED) is 0.805. The van der Waals surface area contributed by atoms with Crippen molar-refractivity contribution in [3.63, 3.8) is 0 Å². The number of aromatic nitrogens is 2. The molecule has 0 radical (unpaired) electrons. The van der Waals surface area contributed by atoms with Crippen molar-refractivity contribution in [1.82, 2.24) is 9.78 Å². The van der Waals surface area contributed by atoms with Gasteiger partial charge in [0.05, 0.1) is 18.8 Å². The van der Waals surface area contributed by atoms with Gasteiger partial charge in [0.2, 0.25) is 0 Å². The van der Waals surface area contributed by atoms with Crippen molar-refractivity contribution in [3.05, 3.63) is 24.0 Å². The third-order valence-corrected chi connectivity index (χ3v) is 2.74. The van der Waals surface area contributed by atoms with Crippen LogP contribution in [0.5, 0.6) is 0 Å². The highest BCUT2D eigenvalue weighted by Crippen LogP contribution is 2.14. The summed E-state index contributed by atoms with van der Waals surface area (Å²) in [6.07, 6.45) is 9.78. The molecule has 0 unspecified atom stereocenters. The van der Waals surface area contributed by atoms with Gasteiger partial charge in [0.25, 0.3) is 0 Å². The number of hydrogen-bond acceptors (Lipinski definition) is 3. The lowest BCUT2D eigenvalue weighted by Gasteiger charge is -2.22. The molecule has 1 N–H and O–H groups in total. The number of carboxylic acid groups (broad SMARTS) is 1. The summed E-state index contributed by atoms with van der Waals surface area (Å²) in [5.74, 6) is -0.951. The average molecular weight is 236 g/mol. The predicted molar refractivity (Wildman–Crippen MR) is 62.5 cm³/mol. The van der Waals surface area contributed by atoms with E-state index in [0.29, 0.717) is 0 Å². The molecule has 5 nitrogen and oxygen atoms in total. The molecule has 0 aliphatic carbocycles. The lowest BCUT2D eigenvalue weighted by atomic mass is 10.1. The van der Waals surface area contributed by atoms with E-state index in [1.807, 2.05) is 6.20 Å². The Hall–Kier alpha value is -1.62. The van der Waals surface area contributed by atoms with E-state index in [1.54, 1.807) is 10.9 Å². The van der Waals surface area contributed by atoms with Crippen molar-refractivity contribution >= 4 is 12.0 Å². The average Bonchev–Trinajstić information content (AvgIpc) is 2.75. The summed E-state index contributed by atoms with van der Waals surface area (Å²) in [4.78, 5) is 10.4. The maximum absolute atomic E-state index is 10.4. The van der Waals surface area contributed by atoms with Gasteiger partial charge in [0.15, 0.2) is 0 Å². The molecule has 1 saturated heterocycles. The second-order valence-electron chi connectivity index (χ2n) is 4.16. The molecule has 5 heteroatoms. The van der Waals surface area contributed by atoms with Crippen molar-refractivity contribution in [1.29, 1.82) is 0 Å². The fourth-order valence-electron chi connectivity index (χ4n) is 1.89. The normalized spacial score (nSPS) is 20.8. The fraction of sp³-hybridized carbons (Fsp3) is 0.500. The second-order valence-corrected chi connectivity index (χ2v) is 4.16. The maximum atomic E-state index is 10.4. The summed E-state index contributed by atoms with van der Waals surface area (Å²) < 4.78 is 7.42. The van der Waals surface area contributed by atoms with Gasteiger partial charge in [-0.3, -0.25) is 4.68 Å². The standard InChI is InChI=1S/C12H16N2O3/c15-12(16)5-4-10-7-13-14(8-10)9-11-3-1-2-6-17-11/h4-5,7-8,11H,1-3,6,9H2,(H,15,16)/b5-4+/t11-/m1/s1. The first kappa shape index (κ1) is 11.9. The summed E-state index contributed by atoms with van der Waals surface area (Å²) in [6, 6.07) is 0. The van der Waals surface area contributed by atoms with Crippen LogP contribution in [0.2, 0.25) is 0 Å². The van der Waals surface area contributed by atoms with E-state index in [4.69, 9.17) is 9.84 Å². The number of carbonyl (C=O) groups is 1. The van der Waals surface area contributed by atoms with Crippen LogP contribution in [0.4, 0.5) is 0 Å². The molecular weight excluding hydrogens is 220 g/mol. The van der Waals surface area contributed by atoms with Gasteiger partial charge in [-0.15, -0.1) is 0 Å². The van der Waals surface area contributed by atoms with E-state index in [2.05, 4.69) is 5.10 Å². The Morgan fingerprint density at radius 1 is 1.65 bits per heavy atom. The Kier molecular flexibility index (Phi) is 3.93. The van der Waals surface area contributed by atoms with E-state index in [-0.39, 0.29) is 6.10 Å². The molecule has 0 saturated carbocycles. The number of ether oxygens (including phenoxy) is 1. The summed E-state index contributed by atoms with van der Waals surface area (Å²) in [5.41, 5.74) is 0.795. The summed E-state index contributed by atoms with van der Waals surface area (Å²) in [6.45, 7) is 1.57. The minimum atomic E-state index is -0.951. The monoisotopic (exact) mass is 236 g/mol. The molecule has 1 aromatic heterocycles. The molecular formula is C12H16N2O3. The van der Waals surface area contributed by atoms with Gasteiger partial charge < -0.3 is 9.84 Å². The SMILES string of the molecule is O=C(O)/C=C/c1cnn(C[C@H]2CCCCO2)c1. The number of aliphatic carboxylic acids is 1. The predicted octanol–water partition coefficient (Wildman–Crippen LogP) is 1.55. The zero-order valence-corrected chi connectivity index (χ0v) is 9.58. The van der Waals surface area contributed by atoms with E-state index in [0.717, 1.165) is 37.6 Å². The smallest absolute Gasteiger partial charge is 0.328 e. The van der Waals surface area contributed by atoms with Crippen LogP contribution in [0.3, 0.4) is 0 Å². The van der Waals surface area contributed by atoms with Gasteiger partial charge in [0.1, 0.15) is 0 Å². The molecule has 17 heavy (non-hydrogen) atoms. The van der Waals surface area contributed by atoms with Crippen molar-refractivity contribution < 1.29 is 14.6 Å². The van der Waals surface area contributed by atoms with Gasteiger partial charge in [-0.05, 0) is 25.3 Å². The number of rotatable bonds is 4. The van der Waals surface area contributed by atoms with Crippen molar-refractivity contribution in [2.45, 2.75) is 31.9 Å². The Labute approximate surface area is 99.7 Å². The molecule has 0 spiro atoms. The summed E-state index contributed by atoms with van der Waals surface area (Å²) >= 11 is 0. The zero-order valence-electron chi connectivity index (χ0n) is 9.58. The van der Waals surface area contributed by atoms with Crippen LogP contribution in [0.1, 0.15) is 24.8 Å². The van der Waals surface area contributed by atoms with Gasteiger partial charge in [-0.2, -0.15) is 5.10 Å². The molecule has 2 rings (SSSR count). The largest absolute Gasteiger partial charge is 0.478 e. The van der Waals surface area contributed by atoms with E-state index in [1.165, 1.54) is 12.5 Å². The molecule has 92 valence electrons. The van der Waals surface area contributed by atoms with Crippen LogP contribution >= 0.6 is 0 Å². The minimum Gasteiger partial charge on any atom is -0.478 e. The summed E-state index contributed by atoms with van der Waals surface area (Å²) in [5, 5.41) is 12.7. The maximum Gasteiger partial charge on any atom is 0.328 e. The molecule has 0 aromatic carbocycles. The molecule has 1 atom stereocenters. The van der Waals surface area contributed by atoms with Crippen LogP contribution < -0.4 is 0 Å². The summed E-state index contributed by atoms with van der Waals surface area (Å²) in [7, 11) is 0. The second kappa shape index (κ2) is 5.63. The highest BCUT2D eigenvalue weighted by molar-refractivity contribution is 5.85. The molecule has 1 aliphatic rings. The minimum absolute atomic E-state index is 0.236. The molecule has 1 fully saturated rings. The molecule has 2 heterocycles. The van der Waals surface area contributed by atoms with E-state index in [9.17, 15) is 4.79 Å². The molecule has 1 aromatic rings.